The summed E-state index contributed by atoms with van der Waals surface area (Å²) in [7, 11) is 0. The van der Waals surface area contributed by atoms with Crippen molar-refractivity contribution in [3.63, 3.8) is 0 Å². The van der Waals surface area contributed by atoms with E-state index < -0.39 is 5.92 Å². The van der Waals surface area contributed by atoms with Crippen LogP contribution in [0.3, 0.4) is 0 Å². The Balaban J connectivity index is 2.27. The summed E-state index contributed by atoms with van der Waals surface area (Å²) in [5.41, 5.74) is 2.18. The zero-order valence-electron chi connectivity index (χ0n) is 12.6. The van der Waals surface area contributed by atoms with E-state index in [0.717, 1.165) is 11.3 Å². The maximum Gasteiger partial charge on any atom is 0.271 e. The van der Waals surface area contributed by atoms with Gasteiger partial charge in [0.05, 0.1) is 11.6 Å². The number of anilines is 1. The van der Waals surface area contributed by atoms with Gasteiger partial charge in [-0.3, -0.25) is 9.59 Å². The number of aromatic nitrogens is 2. The fourth-order valence-corrected chi connectivity index (χ4v) is 2.40. The van der Waals surface area contributed by atoms with Gasteiger partial charge in [-0.25, -0.2) is 0 Å². The van der Waals surface area contributed by atoms with Gasteiger partial charge in [0.1, 0.15) is 11.4 Å². The average Bonchev–Trinajstić information content (AvgIpc) is 2.75. The fourth-order valence-electron chi connectivity index (χ4n) is 2.40. The van der Waals surface area contributed by atoms with Crippen molar-refractivity contribution in [3.8, 4) is 0 Å². The van der Waals surface area contributed by atoms with Crippen molar-refractivity contribution in [1.29, 1.82) is 0 Å². The highest BCUT2D eigenvalue weighted by molar-refractivity contribution is 5.95. The molecule has 1 amide bonds. The first-order valence-electron chi connectivity index (χ1n) is 6.87. The maximum atomic E-state index is 12.5. The molecule has 1 unspecified atom stereocenters. The minimum Gasteiger partial charge on any atom is -0.361 e. The van der Waals surface area contributed by atoms with Crippen LogP contribution in [0.15, 0.2) is 21.5 Å². The number of pyridine rings is 1. The van der Waals surface area contributed by atoms with E-state index in [-0.39, 0.29) is 17.2 Å². The molecule has 0 saturated heterocycles. The van der Waals surface area contributed by atoms with Crippen LogP contribution in [0.2, 0.25) is 0 Å². The quantitative estimate of drug-likeness (QED) is 0.904. The molecule has 21 heavy (non-hydrogen) atoms. The highest BCUT2D eigenvalue weighted by atomic mass is 16.5. The third-order valence-corrected chi connectivity index (χ3v) is 3.47. The molecule has 6 heteroatoms. The molecule has 1 atom stereocenters. The van der Waals surface area contributed by atoms with E-state index in [0.29, 0.717) is 17.9 Å². The maximum absolute atomic E-state index is 12.5. The van der Waals surface area contributed by atoms with Crippen LogP contribution in [0.1, 0.15) is 42.0 Å². The molecule has 0 bridgehead atoms. The molecule has 0 aromatic carbocycles. The summed E-state index contributed by atoms with van der Waals surface area (Å²) < 4.78 is 5.12. The van der Waals surface area contributed by atoms with Crippen LogP contribution in [0.4, 0.5) is 5.69 Å². The second-order valence-electron chi connectivity index (χ2n) is 5.07. The van der Waals surface area contributed by atoms with Crippen LogP contribution >= 0.6 is 0 Å². The number of aromatic amines is 1. The zero-order chi connectivity index (χ0) is 15.6. The van der Waals surface area contributed by atoms with Gasteiger partial charge in [0.2, 0.25) is 5.91 Å². The fraction of sp³-hybridized carbons (Fsp3) is 0.400. The van der Waals surface area contributed by atoms with Crippen molar-refractivity contribution < 1.29 is 9.32 Å². The van der Waals surface area contributed by atoms with Crippen LogP contribution < -0.4 is 10.9 Å². The largest absolute Gasteiger partial charge is 0.361 e. The molecule has 0 spiro atoms. The Kier molecular flexibility index (Phi) is 4.26. The molecule has 0 aliphatic heterocycles. The number of nitrogens with zero attached hydrogens (tertiary/aromatic N) is 1. The Morgan fingerprint density at radius 3 is 2.62 bits per heavy atom. The van der Waals surface area contributed by atoms with E-state index in [1.54, 1.807) is 32.9 Å². The van der Waals surface area contributed by atoms with Gasteiger partial charge in [-0.15, -0.1) is 0 Å². The number of H-pyrrole nitrogens is 1. The summed E-state index contributed by atoms with van der Waals surface area (Å²) in [5, 5.41) is 6.56. The van der Waals surface area contributed by atoms with Crippen LogP contribution in [-0.2, 0) is 4.79 Å². The van der Waals surface area contributed by atoms with Gasteiger partial charge in [-0.1, -0.05) is 12.1 Å². The van der Waals surface area contributed by atoms with Gasteiger partial charge in [0.25, 0.3) is 5.56 Å². The lowest BCUT2D eigenvalue weighted by molar-refractivity contribution is -0.117. The SMILES string of the molecule is CCC(C(=O)Nc1ccc(C)[nH]c1=O)c1c(C)noc1C. The van der Waals surface area contributed by atoms with Crippen LogP contribution in [0, 0.1) is 20.8 Å². The highest BCUT2D eigenvalue weighted by Gasteiger charge is 2.26. The molecule has 0 fully saturated rings. The molecule has 112 valence electrons. The highest BCUT2D eigenvalue weighted by Crippen LogP contribution is 2.27. The number of hydrogen-bond acceptors (Lipinski definition) is 4. The number of carbonyl (C=O) groups excluding carboxylic acids is 1. The van der Waals surface area contributed by atoms with Gasteiger partial charge in [-0.05, 0) is 39.3 Å². The topological polar surface area (TPSA) is 88.0 Å². The van der Waals surface area contributed by atoms with Crippen LogP contribution in [0.25, 0.3) is 0 Å². The van der Waals surface area contributed by atoms with Gasteiger partial charge < -0.3 is 14.8 Å². The molecular formula is C15H19N3O3. The molecule has 2 aromatic rings. The van der Waals surface area contributed by atoms with Crippen molar-refractivity contribution >= 4 is 11.6 Å². The monoisotopic (exact) mass is 289 g/mol. The Hall–Kier alpha value is -2.37. The van der Waals surface area contributed by atoms with Crippen molar-refractivity contribution in [2.24, 2.45) is 0 Å². The van der Waals surface area contributed by atoms with E-state index in [9.17, 15) is 9.59 Å². The molecule has 0 aliphatic rings. The lowest BCUT2D eigenvalue weighted by Gasteiger charge is -2.14. The third-order valence-electron chi connectivity index (χ3n) is 3.47. The molecule has 2 N–H and O–H groups in total. The Morgan fingerprint density at radius 2 is 2.10 bits per heavy atom. The van der Waals surface area contributed by atoms with Crippen LogP contribution in [-0.4, -0.2) is 16.0 Å². The first-order valence-corrected chi connectivity index (χ1v) is 6.87. The van der Waals surface area contributed by atoms with Crippen molar-refractivity contribution in [3.05, 3.63) is 45.2 Å². The predicted molar refractivity (Wildman–Crippen MR) is 79.4 cm³/mol. The number of hydrogen-bond donors (Lipinski definition) is 2. The summed E-state index contributed by atoms with van der Waals surface area (Å²) in [6.07, 6.45) is 0.596. The number of amides is 1. The molecule has 2 aromatic heterocycles. The summed E-state index contributed by atoms with van der Waals surface area (Å²) in [6.45, 7) is 7.28. The Morgan fingerprint density at radius 1 is 1.38 bits per heavy atom. The van der Waals surface area contributed by atoms with Crippen molar-refractivity contribution in [2.75, 3.05) is 5.32 Å². The van der Waals surface area contributed by atoms with Gasteiger partial charge in [-0.2, -0.15) is 0 Å². The predicted octanol–water partition coefficient (Wildman–Crippen LogP) is 2.42. The van der Waals surface area contributed by atoms with Crippen molar-refractivity contribution in [1.82, 2.24) is 10.1 Å². The standard InChI is InChI=1S/C15H19N3O3/c1-5-11(13-9(3)18-21-10(13)4)14(19)17-12-7-6-8(2)16-15(12)20/h6-7,11H,5H2,1-4H3,(H,16,20)(H,17,19). The number of aryl methyl sites for hydroxylation is 3. The first kappa shape index (κ1) is 15.0. The molecule has 0 aliphatic carbocycles. The lowest BCUT2D eigenvalue weighted by Crippen LogP contribution is -2.25. The average molecular weight is 289 g/mol. The Labute approximate surface area is 122 Å². The molecular weight excluding hydrogens is 270 g/mol. The second kappa shape index (κ2) is 5.95. The second-order valence-corrected chi connectivity index (χ2v) is 5.07. The van der Waals surface area contributed by atoms with Crippen molar-refractivity contribution in [2.45, 2.75) is 40.0 Å². The summed E-state index contributed by atoms with van der Waals surface area (Å²) in [4.78, 5) is 26.9. The Bertz CT molecular complexity index is 696. The summed E-state index contributed by atoms with van der Waals surface area (Å²) in [6, 6.07) is 3.35. The number of rotatable bonds is 4. The van der Waals surface area contributed by atoms with Crippen LogP contribution in [0.5, 0.6) is 0 Å². The smallest absolute Gasteiger partial charge is 0.271 e. The molecule has 2 rings (SSSR count). The zero-order valence-corrected chi connectivity index (χ0v) is 12.6. The molecule has 0 saturated carbocycles. The number of nitrogens with one attached hydrogen (secondary N) is 2. The van der Waals surface area contributed by atoms with E-state index in [4.69, 9.17) is 4.52 Å². The summed E-state index contributed by atoms with van der Waals surface area (Å²) in [5.74, 6) is 0.00511. The third kappa shape index (κ3) is 3.04. The molecule has 2 heterocycles. The van der Waals surface area contributed by atoms with Gasteiger partial charge >= 0.3 is 0 Å². The minimum atomic E-state index is -0.392. The molecule has 6 nitrogen and oxygen atoms in total. The number of carbonyl (C=O) groups is 1. The van der Waals surface area contributed by atoms with Gasteiger partial charge in [0, 0.05) is 11.3 Å². The first-order chi connectivity index (χ1) is 9.93. The van der Waals surface area contributed by atoms with E-state index in [1.807, 2.05) is 6.92 Å². The van der Waals surface area contributed by atoms with E-state index >= 15 is 0 Å². The minimum absolute atomic E-state index is 0.235. The molecule has 0 radical (unpaired) electrons. The van der Waals surface area contributed by atoms with Gasteiger partial charge in [0.15, 0.2) is 0 Å². The normalized spacial score (nSPS) is 12.2. The lowest BCUT2D eigenvalue weighted by atomic mass is 9.94. The van der Waals surface area contributed by atoms with E-state index in [2.05, 4.69) is 15.5 Å². The summed E-state index contributed by atoms with van der Waals surface area (Å²) >= 11 is 0. The van der Waals surface area contributed by atoms with E-state index in [1.165, 1.54) is 0 Å².